The molecule has 0 unspecified atom stereocenters. The zero-order valence-electron chi connectivity index (χ0n) is 11.2. The molecule has 1 atom stereocenters. The lowest BCUT2D eigenvalue weighted by atomic mass is 10.1. The van der Waals surface area contributed by atoms with Crippen molar-refractivity contribution in [1.82, 2.24) is 4.31 Å². The van der Waals surface area contributed by atoms with E-state index in [0.29, 0.717) is 12.3 Å². The summed E-state index contributed by atoms with van der Waals surface area (Å²) >= 11 is 0. The summed E-state index contributed by atoms with van der Waals surface area (Å²) in [6, 6.07) is -0.329. The van der Waals surface area contributed by atoms with Crippen LogP contribution in [0, 0.1) is 5.92 Å². The van der Waals surface area contributed by atoms with Crippen molar-refractivity contribution in [3.8, 4) is 0 Å². The summed E-state index contributed by atoms with van der Waals surface area (Å²) in [6.45, 7) is 8.90. The van der Waals surface area contributed by atoms with Crippen LogP contribution in [0.1, 0.15) is 41.0 Å². The van der Waals surface area contributed by atoms with Crippen LogP contribution in [-0.2, 0) is 10.0 Å². The fraction of sp³-hybridized carbons (Fsp3) is 1.00. The number of likely N-dealkylation sites (N-methyl/N-ethyl adjacent to an activating group) is 1. The first-order chi connectivity index (χ1) is 7.04. The second-order valence-corrected chi connectivity index (χ2v) is 8.35. The van der Waals surface area contributed by atoms with E-state index < -0.39 is 14.8 Å². The maximum Gasteiger partial charge on any atom is 0.219 e. The minimum Gasteiger partial charge on any atom is -0.395 e. The largest absolute Gasteiger partial charge is 0.395 e. The van der Waals surface area contributed by atoms with Crippen LogP contribution in [-0.4, -0.2) is 42.3 Å². The van der Waals surface area contributed by atoms with Gasteiger partial charge in [-0.05, 0) is 33.1 Å². The van der Waals surface area contributed by atoms with Gasteiger partial charge in [0.25, 0.3) is 0 Å². The lowest BCUT2D eigenvalue weighted by Crippen LogP contribution is -2.47. The van der Waals surface area contributed by atoms with E-state index in [1.165, 1.54) is 4.31 Å². The van der Waals surface area contributed by atoms with Gasteiger partial charge in [0.2, 0.25) is 10.0 Å². The molecule has 4 nitrogen and oxygen atoms in total. The molecule has 0 fully saturated rings. The molecular formula is C11H25NO3S. The number of hydrogen-bond donors (Lipinski definition) is 1. The number of nitrogens with zero attached hydrogens (tertiary/aromatic N) is 1. The average molecular weight is 251 g/mol. The average Bonchev–Trinajstić information content (AvgIpc) is 2.10. The third kappa shape index (κ3) is 3.71. The van der Waals surface area contributed by atoms with E-state index in [9.17, 15) is 13.5 Å². The first-order valence-corrected chi connectivity index (χ1v) is 7.06. The number of aliphatic hydroxyl groups excluding tert-OH is 1. The predicted octanol–water partition coefficient (Wildman–Crippen LogP) is 1.45. The lowest BCUT2D eigenvalue weighted by Gasteiger charge is -2.32. The highest BCUT2D eigenvalue weighted by Gasteiger charge is 2.36. The van der Waals surface area contributed by atoms with Crippen molar-refractivity contribution in [3.05, 3.63) is 0 Å². The number of rotatable bonds is 5. The summed E-state index contributed by atoms with van der Waals surface area (Å²) in [6.07, 6.45) is 0.669. The van der Waals surface area contributed by atoms with E-state index in [2.05, 4.69) is 0 Å². The van der Waals surface area contributed by atoms with Gasteiger partial charge >= 0.3 is 0 Å². The van der Waals surface area contributed by atoms with Crippen molar-refractivity contribution in [3.63, 3.8) is 0 Å². The van der Waals surface area contributed by atoms with E-state index >= 15 is 0 Å². The lowest BCUT2D eigenvalue weighted by molar-refractivity contribution is 0.181. The molecule has 1 N–H and O–H groups in total. The number of sulfonamides is 1. The van der Waals surface area contributed by atoms with Crippen LogP contribution in [0.2, 0.25) is 0 Å². The molecule has 0 aliphatic carbocycles. The van der Waals surface area contributed by atoms with Gasteiger partial charge in [-0.15, -0.1) is 0 Å². The van der Waals surface area contributed by atoms with Gasteiger partial charge in [-0.1, -0.05) is 13.8 Å². The molecule has 0 amide bonds. The standard InChI is InChI=1S/C11H25NO3S/c1-9(2)7-10(8-13)12(6)16(14,15)11(3,4)5/h9-10,13H,7-8H2,1-6H3/t10-/m1/s1. The third-order valence-corrected chi connectivity index (χ3v) is 5.23. The molecule has 0 radical (unpaired) electrons. The van der Waals surface area contributed by atoms with E-state index in [1.807, 2.05) is 13.8 Å². The first-order valence-electron chi connectivity index (χ1n) is 5.62. The second kappa shape index (κ2) is 5.47. The molecule has 0 aliphatic heterocycles. The van der Waals surface area contributed by atoms with Gasteiger partial charge in [0.1, 0.15) is 0 Å². The molecule has 0 aliphatic rings. The number of aliphatic hydroxyl groups is 1. The summed E-state index contributed by atoms with van der Waals surface area (Å²) in [5, 5.41) is 9.27. The minimum absolute atomic E-state index is 0.135. The summed E-state index contributed by atoms with van der Waals surface area (Å²) < 4.78 is 24.8. The Labute approximate surface area is 99.7 Å². The second-order valence-electron chi connectivity index (χ2n) is 5.60. The summed E-state index contributed by atoms with van der Waals surface area (Å²) in [5.74, 6) is 0.356. The van der Waals surface area contributed by atoms with Gasteiger partial charge < -0.3 is 5.11 Å². The summed E-state index contributed by atoms with van der Waals surface area (Å²) in [5.41, 5.74) is 0. The van der Waals surface area contributed by atoms with E-state index in [-0.39, 0.29) is 12.6 Å². The van der Waals surface area contributed by atoms with Crippen LogP contribution in [0.4, 0.5) is 0 Å². The van der Waals surface area contributed by atoms with E-state index in [1.54, 1.807) is 27.8 Å². The fourth-order valence-electron chi connectivity index (χ4n) is 1.51. The van der Waals surface area contributed by atoms with Gasteiger partial charge in [-0.3, -0.25) is 0 Å². The Morgan fingerprint density at radius 2 is 1.69 bits per heavy atom. The summed E-state index contributed by atoms with van der Waals surface area (Å²) in [7, 11) is -1.81. The molecule has 0 bridgehead atoms. The van der Waals surface area contributed by atoms with Crippen LogP contribution in [0.25, 0.3) is 0 Å². The fourth-order valence-corrected chi connectivity index (χ4v) is 2.92. The zero-order valence-corrected chi connectivity index (χ0v) is 12.0. The first kappa shape index (κ1) is 15.9. The Balaban J connectivity index is 4.96. The van der Waals surface area contributed by atoms with Crippen LogP contribution in [0.3, 0.4) is 0 Å². The van der Waals surface area contributed by atoms with Crippen molar-refractivity contribution >= 4 is 10.0 Å². The Morgan fingerprint density at radius 1 is 1.25 bits per heavy atom. The van der Waals surface area contributed by atoms with E-state index in [0.717, 1.165) is 0 Å². The molecule has 5 heteroatoms. The van der Waals surface area contributed by atoms with Gasteiger partial charge in [0, 0.05) is 13.1 Å². The quantitative estimate of drug-likeness (QED) is 0.804. The molecule has 16 heavy (non-hydrogen) atoms. The SMILES string of the molecule is CC(C)C[C@H](CO)N(C)S(=O)(=O)C(C)(C)C. The molecule has 0 saturated carbocycles. The molecular weight excluding hydrogens is 226 g/mol. The van der Waals surface area contributed by atoms with Gasteiger partial charge in [0.05, 0.1) is 11.4 Å². The van der Waals surface area contributed by atoms with Gasteiger partial charge in [-0.2, -0.15) is 4.31 Å². The van der Waals surface area contributed by atoms with Crippen LogP contribution in [0.5, 0.6) is 0 Å². The van der Waals surface area contributed by atoms with Gasteiger partial charge in [-0.25, -0.2) is 8.42 Å². The molecule has 98 valence electrons. The summed E-state index contributed by atoms with van der Waals surface area (Å²) in [4.78, 5) is 0. The van der Waals surface area contributed by atoms with Crippen molar-refractivity contribution < 1.29 is 13.5 Å². The van der Waals surface area contributed by atoms with Crippen molar-refractivity contribution in [2.75, 3.05) is 13.7 Å². The topological polar surface area (TPSA) is 57.6 Å². The maximum atomic E-state index is 12.1. The highest BCUT2D eigenvalue weighted by molar-refractivity contribution is 7.90. The Morgan fingerprint density at radius 3 is 1.94 bits per heavy atom. The highest BCUT2D eigenvalue weighted by atomic mass is 32.2. The predicted molar refractivity (Wildman–Crippen MR) is 66.8 cm³/mol. The minimum atomic E-state index is -3.36. The monoisotopic (exact) mass is 251 g/mol. The Kier molecular flexibility index (Phi) is 5.42. The van der Waals surface area contributed by atoms with E-state index in [4.69, 9.17) is 0 Å². The maximum absolute atomic E-state index is 12.1. The molecule has 0 heterocycles. The normalized spacial score (nSPS) is 15.8. The Hall–Kier alpha value is -0.130. The zero-order chi connectivity index (χ0) is 13.1. The smallest absolute Gasteiger partial charge is 0.219 e. The molecule has 0 aromatic carbocycles. The van der Waals surface area contributed by atoms with Crippen LogP contribution < -0.4 is 0 Å². The molecule has 0 aromatic rings. The Bertz CT molecular complexity index is 304. The number of hydrogen-bond acceptors (Lipinski definition) is 3. The molecule has 0 saturated heterocycles. The highest BCUT2D eigenvalue weighted by Crippen LogP contribution is 2.23. The molecule has 0 rings (SSSR count). The van der Waals surface area contributed by atoms with Crippen molar-refractivity contribution in [2.24, 2.45) is 5.92 Å². The molecule has 0 aromatic heterocycles. The van der Waals surface area contributed by atoms with Crippen LogP contribution in [0.15, 0.2) is 0 Å². The molecule has 0 spiro atoms. The van der Waals surface area contributed by atoms with Gasteiger partial charge in [0.15, 0.2) is 0 Å². The third-order valence-electron chi connectivity index (χ3n) is 2.62. The van der Waals surface area contributed by atoms with Crippen LogP contribution >= 0.6 is 0 Å². The van der Waals surface area contributed by atoms with Crippen molar-refractivity contribution in [2.45, 2.75) is 51.8 Å². The van der Waals surface area contributed by atoms with Crippen molar-refractivity contribution in [1.29, 1.82) is 0 Å².